The predicted molar refractivity (Wildman–Crippen MR) is 67.1 cm³/mol. The Morgan fingerprint density at radius 1 is 1.12 bits per heavy atom. The van der Waals surface area contributed by atoms with Gasteiger partial charge >= 0.3 is 0 Å². The normalized spacial score (nSPS) is 23.7. The van der Waals surface area contributed by atoms with Crippen LogP contribution in [0.3, 0.4) is 0 Å². The molecule has 1 aromatic rings. The molecule has 92 valence electrons. The highest BCUT2D eigenvalue weighted by Crippen LogP contribution is 2.21. The zero-order chi connectivity index (χ0) is 11.7. The topological polar surface area (TPSA) is 35.5 Å². The maximum absolute atomic E-state index is 4.33. The van der Waals surface area contributed by atoms with Crippen molar-refractivity contribution in [2.45, 2.75) is 6.04 Å². The van der Waals surface area contributed by atoms with Crippen molar-refractivity contribution in [3.05, 3.63) is 18.6 Å². The quantitative estimate of drug-likeness (QED) is 0.713. The van der Waals surface area contributed by atoms with E-state index in [-0.39, 0.29) is 0 Å². The molecule has 2 fully saturated rings. The largest absolute Gasteiger partial charge is 0.352 e. The number of hydrogen-bond donors (Lipinski definition) is 0. The molecule has 17 heavy (non-hydrogen) atoms. The molecule has 5 heteroatoms. The van der Waals surface area contributed by atoms with Gasteiger partial charge in [-0.3, -0.25) is 9.88 Å². The lowest BCUT2D eigenvalue weighted by molar-refractivity contribution is 0.0960. The van der Waals surface area contributed by atoms with Crippen molar-refractivity contribution in [3.63, 3.8) is 0 Å². The maximum atomic E-state index is 4.33. The number of aromatic nitrogens is 2. The van der Waals surface area contributed by atoms with Crippen LogP contribution in [0.2, 0.25) is 0 Å². The maximum Gasteiger partial charge on any atom is 0.147 e. The molecule has 0 aromatic carbocycles. The van der Waals surface area contributed by atoms with Gasteiger partial charge in [0.25, 0.3) is 0 Å². The van der Waals surface area contributed by atoms with Gasteiger partial charge < -0.3 is 9.80 Å². The van der Waals surface area contributed by atoms with Gasteiger partial charge in [0.15, 0.2) is 0 Å². The van der Waals surface area contributed by atoms with E-state index in [9.17, 15) is 0 Å². The van der Waals surface area contributed by atoms with Gasteiger partial charge in [0.2, 0.25) is 0 Å². The van der Waals surface area contributed by atoms with Gasteiger partial charge in [0, 0.05) is 57.7 Å². The van der Waals surface area contributed by atoms with E-state index < -0.39 is 0 Å². The van der Waals surface area contributed by atoms with Crippen molar-refractivity contribution in [1.29, 1.82) is 0 Å². The molecule has 2 aliphatic heterocycles. The van der Waals surface area contributed by atoms with Crippen molar-refractivity contribution in [1.82, 2.24) is 19.8 Å². The molecule has 0 spiro atoms. The average Bonchev–Trinajstić information content (AvgIpc) is 2.31. The van der Waals surface area contributed by atoms with E-state index in [1.165, 1.54) is 26.2 Å². The fraction of sp³-hybridized carbons (Fsp3) is 0.667. The van der Waals surface area contributed by atoms with Crippen LogP contribution in [0.15, 0.2) is 18.6 Å². The molecule has 0 unspecified atom stereocenters. The summed E-state index contributed by atoms with van der Waals surface area (Å²) < 4.78 is 0. The van der Waals surface area contributed by atoms with Crippen LogP contribution in [0.25, 0.3) is 0 Å². The van der Waals surface area contributed by atoms with Gasteiger partial charge in [-0.05, 0) is 7.05 Å². The lowest BCUT2D eigenvalue weighted by atomic mass is 10.1. The van der Waals surface area contributed by atoms with Crippen LogP contribution in [0.5, 0.6) is 0 Å². The number of rotatable bonds is 2. The fourth-order valence-electron chi connectivity index (χ4n) is 2.51. The summed E-state index contributed by atoms with van der Waals surface area (Å²) in [7, 11) is 2.20. The Labute approximate surface area is 102 Å². The number of likely N-dealkylation sites (N-methyl/N-ethyl adjacent to an activating group) is 1. The molecular formula is C12H19N5. The first kappa shape index (κ1) is 10.9. The van der Waals surface area contributed by atoms with Crippen LogP contribution in [-0.4, -0.2) is 72.1 Å². The van der Waals surface area contributed by atoms with Crippen LogP contribution in [0, 0.1) is 0 Å². The number of nitrogens with zero attached hydrogens (tertiary/aromatic N) is 5. The third-order valence-electron chi connectivity index (χ3n) is 3.79. The second-order valence-corrected chi connectivity index (χ2v) is 4.96. The first-order valence-corrected chi connectivity index (χ1v) is 6.26. The highest BCUT2D eigenvalue weighted by Gasteiger charge is 2.33. The van der Waals surface area contributed by atoms with Gasteiger partial charge in [-0.25, -0.2) is 4.98 Å². The Bertz CT molecular complexity index is 354. The molecule has 0 aliphatic carbocycles. The Morgan fingerprint density at radius 2 is 1.88 bits per heavy atom. The molecule has 2 aliphatic rings. The number of piperazine rings is 1. The second-order valence-electron chi connectivity index (χ2n) is 4.96. The van der Waals surface area contributed by atoms with Crippen LogP contribution in [0.4, 0.5) is 5.82 Å². The van der Waals surface area contributed by atoms with E-state index in [1.807, 2.05) is 6.20 Å². The van der Waals surface area contributed by atoms with Gasteiger partial charge in [-0.15, -0.1) is 0 Å². The summed E-state index contributed by atoms with van der Waals surface area (Å²) in [5, 5.41) is 0. The summed E-state index contributed by atoms with van der Waals surface area (Å²) in [5.74, 6) is 1.01. The van der Waals surface area contributed by atoms with Crippen molar-refractivity contribution < 1.29 is 0 Å². The molecule has 0 bridgehead atoms. The van der Waals surface area contributed by atoms with Crippen molar-refractivity contribution in [3.8, 4) is 0 Å². The molecular weight excluding hydrogens is 214 g/mol. The Morgan fingerprint density at radius 3 is 2.53 bits per heavy atom. The molecule has 1 aromatic heterocycles. The zero-order valence-electron chi connectivity index (χ0n) is 10.3. The zero-order valence-corrected chi connectivity index (χ0v) is 10.3. The molecule has 3 rings (SSSR count). The Hall–Kier alpha value is -1.20. The smallest absolute Gasteiger partial charge is 0.147 e. The summed E-state index contributed by atoms with van der Waals surface area (Å²) in [5.41, 5.74) is 0. The van der Waals surface area contributed by atoms with E-state index in [0.29, 0.717) is 6.04 Å². The first-order chi connectivity index (χ1) is 8.33. The van der Waals surface area contributed by atoms with Gasteiger partial charge in [-0.2, -0.15) is 0 Å². The standard InChI is InChI=1S/C12H19N5/c1-15-4-6-16(7-5-15)11-9-17(10-11)12-8-13-2-3-14-12/h2-3,8,11H,4-7,9-10H2,1H3. The third kappa shape index (κ3) is 2.25. The molecule has 0 radical (unpaired) electrons. The lowest BCUT2D eigenvalue weighted by Gasteiger charge is -2.48. The van der Waals surface area contributed by atoms with E-state index in [0.717, 1.165) is 18.9 Å². The molecule has 3 heterocycles. The van der Waals surface area contributed by atoms with Gasteiger partial charge in [0.1, 0.15) is 5.82 Å². The van der Waals surface area contributed by atoms with Gasteiger partial charge in [0.05, 0.1) is 6.20 Å². The van der Waals surface area contributed by atoms with Gasteiger partial charge in [-0.1, -0.05) is 0 Å². The molecule has 0 atom stereocenters. The molecule has 2 saturated heterocycles. The highest BCUT2D eigenvalue weighted by molar-refractivity contribution is 5.39. The highest BCUT2D eigenvalue weighted by atomic mass is 15.4. The monoisotopic (exact) mass is 233 g/mol. The lowest BCUT2D eigenvalue weighted by Crippen LogP contribution is -2.63. The Balaban J connectivity index is 1.52. The molecule has 0 N–H and O–H groups in total. The minimum atomic E-state index is 0.714. The van der Waals surface area contributed by atoms with E-state index in [2.05, 4.69) is 31.7 Å². The number of anilines is 1. The van der Waals surface area contributed by atoms with Crippen molar-refractivity contribution in [2.75, 3.05) is 51.2 Å². The third-order valence-corrected chi connectivity index (χ3v) is 3.79. The minimum absolute atomic E-state index is 0.714. The van der Waals surface area contributed by atoms with E-state index in [1.54, 1.807) is 12.4 Å². The summed E-state index contributed by atoms with van der Waals surface area (Å²) in [6.45, 7) is 7.00. The van der Waals surface area contributed by atoms with Crippen LogP contribution >= 0.6 is 0 Å². The summed E-state index contributed by atoms with van der Waals surface area (Å²) in [6.07, 6.45) is 5.33. The second kappa shape index (κ2) is 4.58. The predicted octanol–water partition coefficient (Wildman–Crippen LogP) is -0.0874. The molecule has 0 amide bonds. The summed E-state index contributed by atoms with van der Waals surface area (Å²) in [6, 6.07) is 0.714. The SMILES string of the molecule is CN1CCN(C2CN(c3cnccn3)C2)CC1. The average molecular weight is 233 g/mol. The minimum Gasteiger partial charge on any atom is -0.352 e. The van der Waals surface area contributed by atoms with Crippen molar-refractivity contribution in [2.24, 2.45) is 0 Å². The summed E-state index contributed by atoms with van der Waals surface area (Å²) >= 11 is 0. The van der Waals surface area contributed by atoms with Crippen LogP contribution in [0.1, 0.15) is 0 Å². The molecule has 0 saturated carbocycles. The molecule has 5 nitrogen and oxygen atoms in total. The fourth-order valence-corrected chi connectivity index (χ4v) is 2.51. The first-order valence-electron chi connectivity index (χ1n) is 6.26. The van der Waals surface area contributed by atoms with E-state index >= 15 is 0 Å². The van der Waals surface area contributed by atoms with E-state index in [4.69, 9.17) is 0 Å². The Kier molecular flexibility index (Phi) is 2.94. The van der Waals surface area contributed by atoms with Crippen molar-refractivity contribution >= 4 is 5.82 Å². The summed E-state index contributed by atoms with van der Waals surface area (Å²) in [4.78, 5) is 15.7. The van der Waals surface area contributed by atoms with Crippen LogP contribution < -0.4 is 4.90 Å². The van der Waals surface area contributed by atoms with Crippen LogP contribution in [-0.2, 0) is 0 Å². The number of hydrogen-bond acceptors (Lipinski definition) is 5.